The Morgan fingerprint density at radius 1 is 0.870 bits per heavy atom. The highest BCUT2D eigenvalue weighted by molar-refractivity contribution is 5.85. The van der Waals surface area contributed by atoms with Crippen molar-refractivity contribution in [1.82, 2.24) is 10.3 Å². The van der Waals surface area contributed by atoms with Gasteiger partial charge in [0.15, 0.2) is 0 Å². The minimum atomic E-state index is 0. The molecule has 0 unspecified atom stereocenters. The van der Waals surface area contributed by atoms with E-state index in [-0.39, 0.29) is 12.4 Å². The monoisotopic (exact) mass is 324 g/mol. The summed E-state index contributed by atoms with van der Waals surface area (Å²) < 4.78 is 0. The molecule has 2 aromatic carbocycles. The second kappa shape index (κ2) is 7.12. The molecule has 0 atom stereocenters. The van der Waals surface area contributed by atoms with E-state index in [9.17, 15) is 0 Å². The third kappa shape index (κ3) is 3.24. The molecule has 1 aliphatic rings. The Kier molecular flexibility index (Phi) is 4.94. The van der Waals surface area contributed by atoms with Gasteiger partial charge in [0, 0.05) is 16.9 Å². The lowest BCUT2D eigenvalue weighted by Crippen LogP contribution is -2.27. The SMILES string of the molecule is Cl.c1ccc(-c2cc3ccccc3nc2C2CCNCC2)cc1. The maximum atomic E-state index is 5.05. The summed E-state index contributed by atoms with van der Waals surface area (Å²) in [6, 6.07) is 21.4. The van der Waals surface area contributed by atoms with Gasteiger partial charge in [-0.25, -0.2) is 0 Å². The fourth-order valence-corrected chi connectivity index (χ4v) is 3.39. The van der Waals surface area contributed by atoms with Crippen LogP contribution in [-0.2, 0) is 0 Å². The summed E-state index contributed by atoms with van der Waals surface area (Å²) in [6.07, 6.45) is 2.34. The molecule has 0 saturated carbocycles. The fourth-order valence-electron chi connectivity index (χ4n) is 3.39. The van der Waals surface area contributed by atoms with E-state index in [0.29, 0.717) is 5.92 Å². The minimum Gasteiger partial charge on any atom is -0.317 e. The Labute approximate surface area is 143 Å². The van der Waals surface area contributed by atoms with Crippen molar-refractivity contribution >= 4 is 23.3 Å². The summed E-state index contributed by atoms with van der Waals surface area (Å²) in [4.78, 5) is 5.05. The zero-order valence-corrected chi connectivity index (χ0v) is 13.9. The third-order valence-corrected chi connectivity index (χ3v) is 4.56. The van der Waals surface area contributed by atoms with Crippen LogP contribution in [0.15, 0.2) is 60.7 Å². The molecule has 0 amide bonds. The number of nitrogens with one attached hydrogen (secondary N) is 1. The van der Waals surface area contributed by atoms with Crippen LogP contribution in [-0.4, -0.2) is 18.1 Å². The normalized spacial score (nSPS) is 15.3. The van der Waals surface area contributed by atoms with Crippen molar-refractivity contribution in [2.24, 2.45) is 0 Å². The third-order valence-electron chi connectivity index (χ3n) is 4.56. The average Bonchev–Trinajstić information content (AvgIpc) is 2.62. The summed E-state index contributed by atoms with van der Waals surface area (Å²) in [5, 5.41) is 4.67. The van der Waals surface area contributed by atoms with Crippen molar-refractivity contribution in [3.05, 3.63) is 66.4 Å². The Balaban J connectivity index is 0.00000156. The van der Waals surface area contributed by atoms with Crippen LogP contribution < -0.4 is 5.32 Å². The minimum absolute atomic E-state index is 0. The quantitative estimate of drug-likeness (QED) is 0.733. The number of hydrogen-bond donors (Lipinski definition) is 1. The summed E-state index contributed by atoms with van der Waals surface area (Å²) >= 11 is 0. The fraction of sp³-hybridized carbons (Fsp3) is 0.250. The highest BCUT2D eigenvalue weighted by atomic mass is 35.5. The number of pyridine rings is 1. The first kappa shape index (κ1) is 16.0. The van der Waals surface area contributed by atoms with E-state index < -0.39 is 0 Å². The van der Waals surface area contributed by atoms with Gasteiger partial charge < -0.3 is 5.32 Å². The standard InChI is InChI=1S/C20H20N2.ClH/c1-2-6-15(7-3-1)18-14-17-8-4-5-9-19(17)22-20(18)16-10-12-21-13-11-16;/h1-9,14,16,21H,10-13H2;1H. The molecule has 3 aromatic rings. The number of hydrogen-bond acceptors (Lipinski definition) is 2. The molecule has 118 valence electrons. The molecule has 4 rings (SSSR count). The van der Waals surface area contributed by atoms with Gasteiger partial charge in [0.1, 0.15) is 0 Å². The number of benzene rings is 2. The van der Waals surface area contributed by atoms with E-state index in [1.54, 1.807) is 0 Å². The molecule has 1 N–H and O–H groups in total. The number of para-hydroxylation sites is 1. The molecule has 2 nitrogen and oxygen atoms in total. The summed E-state index contributed by atoms with van der Waals surface area (Å²) in [5.74, 6) is 0.557. The first-order valence-corrected chi connectivity index (χ1v) is 8.07. The van der Waals surface area contributed by atoms with Gasteiger partial charge in [0.25, 0.3) is 0 Å². The molecule has 1 fully saturated rings. The average molecular weight is 325 g/mol. The second-order valence-electron chi connectivity index (χ2n) is 6.00. The lowest BCUT2D eigenvalue weighted by Gasteiger charge is -2.24. The largest absolute Gasteiger partial charge is 0.317 e. The van der Waals surface area contributed by atoms with Crippen LogP contribution in [0.25, 0.3) is 22.0 Å². The predicted molar refractivity (Wildman–Crippen MR) is 99.3 cm³/mol. The summed E-state index contributed by atoms with van der Waals surface area (Å²) in [6.45, 7) is 2.18. The Bertz CT molecular complexity index is 780. The molecule has 2 heterocycles. The van der Waals surface area contributed by atoms with Crippen LogP contribution in [0, 0.1) is 0 Å². The van der Waals surface area contributed by atoms with E-state index in [4.69, 9.17) is 4.98 Å². The number of aromatic nitrogens is 1. The highest BCUT2D eigenvalue weighted by Gasteiger charge is 2.21. The van der Waals surface area contributed by atoms with Crippen molar-refractivity contribution < 1.29 is 0 Å². The summed E-state index contributed by atoms with van der Waals surface area (Å²) in [7, 11) is 0. The molecule has 1 saturated heterocycles. The van der Waals surface area contributed by atoms with Crippen molar-refractivity contribution in [2.45, 2.75) is 18.8 Å². The topological polar surface area (TPSA) is 24.9 Å². The molecule has 3 heteroatoms. The molecular weight excluding hydrogens is 304 g/mol. The van der Waals surface area contributed by atoms with Crippen LogP contribution >= 0.6 is 12.4 Å². The summed E-state index contributed by atoms with van der Waals surface area (Å²) in [5.41, 5.74) is 4.95. The van der Waals surface area contributed by atoms with E-state index in [1.165, 1.54) is 35.0 Å². The van der Waals surface area contributed by atoms with Gasteiger partial charge in [-0.15, -0.1) is 12.4 Å². The van der Waals surface area contributed by atoms with Crippen molar-refractivity contribution in [2.75, 3.05) is 13.1 Å². The van der Waals surface area contributed by atoms with Crippen LogP contribution in [0.4, 0.5) is 0 Å². The highest BCUT2D eigenvalue weighted by Crippen LogP contribution is 2.34. The zero-order valence-electron chi connectivity index (χ0n) is 13.0. The van der Waals surface area contributed by atoms with Crippen LogP contribution in [0.1, 0.15) is 24.5 Å². The van der Waals surface area contributed by atoms with Crippen LogP contribution in [0.5, 0.6) is 0 Å². The molecule has 0 spiro atoms. The van der Waals surface area contributed by atoms with Crippen molar-refractivity contribution in [1.29, 1.82) is 0 Å². The van der Waals surface area contributed by atoms with Gasteiger partial charge in [0.2, 0.25) is 0 Å². The molecule has 23 heavy (non-hydrogen) atoms. The Morgan fingerprint density at radius 2 is 1.57 bits per heavy atom. The first-order valence-electron chi connectivity index (χ1n) is 8.07. The van der Waals surface area contributed by atoms with Crippen LogP contribution in [0.3, 0.4) is 0 Å². The van der Waals surface area contributed by atoms with E-state index in [0.717, 1.165) is 18.6 Å². The number of nitrogens with zero attached hydrogens (tertiary/aromatic N) is 1. The van der Waals surface area contributed by atoms with Gasteiger partial charge in [0.05, 0.1) is 11.2 Å². The molecule has 1 aliphatic heterocycles. The predicted octanol–water partition coefficient (Wildman–Crippen LogP) is 4.79. The van der Waals surface area contributed by atoms with E-state index >= 15 is 0 Å². The van der Waals surface area contributed by atoms with Gasteiger partial charge in [-0.2, -0.15) is 0 Å². The number of fused-ring (bicyclic) bond motifs is 1. The first-order chi connectivity index (χ1) is 10.9. The lowest BCUT2D eigenvalue weighted by atomic mass is 9.88. The molecule has 0 radical (unpaired) electrons. The molecular formula is C20H21ClN2. The second-order valence-corrected chi connectivity index (χ2v) is 6.00. The number of halogens is 1. The Hall–Kier alpha value is -1.90. The zero-order chi connectivity index (χ0) is 14.8. The number of piperidine rings is 1. The Morgan fingerprint density at radius 3 is 2.35 bits per heavy atom. The maximum absolute atomic E-state index is 5.05. The van der Waals surface area contributed by atoms with Crippen molar-refractivity contribution in [3.63, 3.8) is 0 Å². The smallest absolute Gasteiger partial charge is 0.0705 e. The van der Waals surface area contributed by atoms with Crippen molar-refractivity contribution in [3.8, 4) is 11.1 Å². The van der Waals surface area contributed by atoms with E-state index in [2.05, 4.69) is 66.0 Å². The molecule has 0 aliphatic carbocycles. The molecule has 0 bridgehead atoms. The maximum Gasteiger partial charge on any atom is 0.0705 e. The molecule has 1 aromatic heterocycles. The van der Waals surface area contributed by atoms with Gasteiger partial charge in [-0.05, 0) is 43.6 Å². The van der Waals surface area contributed by atoms with Gasteiger partial charge in [-0.3, -0.25) is 4.98 Å². The number of rotatable bonds is 2. The van der Waals surface area contributed by atoms with Gasteiger partial charge >= 0.3 is 0 Å². The van der Waals surface area contributed by atoms with Crippen LogP contribution in [0.2, 0.25) is 0 Å². The van der Waals surface area contributed by atoms with E-state index in [1.807, 2.05) is 0 Å². The van der Waals surface area contributed by atoms with Gasteiger partial charge in [-0.1, -0.05) is 48.5 Å². The lowest BCUT2D eigenvalue weighted by molar-refractivity contribution is 0.455.